The maximum absolute atomic E-state index is 11.1. The highest BCUT2D eigenvalue weighted by Crippen LogP contribution is 2.10. The molecule has 3 N–H and O–H groups in total. The summed E-state index contributed by atoms with van der Waals surface area (Å²) in [6.45, 7) is 4.81. The van der Waals surface area contributed by atoms with Crippen molar-refractivity contribution >= 4 is 17.8 Å². The quantitative estimate of drug-likeness (QED) is 0.333. The lowest BCUT2D eigenvalue weighted by Crippen LogP contribution is -2.28. The fourth-order valence-corrected chi connectivity index (χ4v) is 0.741. The fourth-order valence-electron chi connectivity index (χ4n) is 0.741. The molecule has 0 fully saturated rings. The summed E-state index contributed by atoms with van der Waals surface area (Å²) in [6.07, 6.45) is 0. The van der Waals surface area contributed by atoms with Crippen molar-refractivity contribution in [3.05, 3.63) is 23.5 Å². The predicted octanol–water partition coefficient (Wildman–Crippen LogP) is -1.07. The molecule has 1 rings (SSSR count). The van der Waals surface area contributed by atoms with Gasteiger partial charge in [-0.3, -0.25) is 4.79 Å². The maximum atomic E-state index is 11.1. The number of rotatable bonds is 2. The van der Waals surface area contributed by atoms with E-state index in [4.69, 9.17) is 5.73 Å². The van der Waals surface area contributed by atoms with E-state index in [-0.39, 0.29) is 11.3 Å². The standard InChI is InChI=1S/C8H8N2O4/c1-3(2)6(11)10-5-4(9)7(12)14-8(5)13/h1,9H2,2H3,(H,10,11). The van der Waals surface area contributed by atoms with Crippen LogP contribution in [0, 0.1) is 0 Å². The van der Waals surface area contributed by atoms with E-state index in [2.05, 4.69) is 16.6 Å². The van der Waals surface area contributed by atoms with Crippen molar-refractivity contribution < 1.29 is 19.1 Å². The van der Waals surface area contributed by atoms with E-state index in [1.807, 2.05) is 0 Å². The van der Waals surface area contributed by atoms with Gasteiger partial charge in [0.1, 0.15) is 5.70 Å². The minimum atomic E-state index is -0.956. The lowest BCUT2D eigenvalue weighted by Gasteiger charge is -2.01. The van der Waals surface area contributed by atoms with Crippen molar-refractivity contribution in [2.24, 2.45) is 5.73 Å². The lowest BCUT2D eigenvalue weighted by atomic mass is 10.3. The van der Waals surface area contributed by atoms with Gasteiger partial charge in [-0.1, -0.05) is 6.58 Å². The largest absolute Gasteiger partial charge is 0.391 e. The zero-order valence-corrected chi connectivity index (χ0v) is 7.42. The highest BCUT2D eigenvalue weighted by molar-refractivity contribution is 6.14. The van der Waals surface area contributed by atoms with Gasteiger partial charge in [-0.15, -0.1) is 0 Å². The van der Waals surface area contributed by atoms with E-state index in [1.54, 1.807) is 0 Å². The number of cyclic esters (lactones) is 2. The zero-order chi connectivity index (χ0) is 10.9. The van der Waals surface area contributed by atoms with Crippen LogP contribution in [0.15, 0.2) is 23.5 Å². The fraction of sp³-hybridized carbons (Fsp3) is 0.125. The number of hydrogen-bond donors (Lipinski definition) is 2. The Bertz CT molecular complexity index is 381. The maximum Gasteiger partial charge on any atom is 0.365 e. The van der Waals surface area contributed by atoms with Crippen LogP contribution in [-0.2, 0) is 19.1 Å². The summed E-state index contributed by atoms with van der Waals surface area (Å²) < 4.78 is 4.15. The normalized spacial score (nSPS) is 15.5. The molecular formula is C8H8N2O4. The van der Waals surface area contributed by atoms with Crippen LogP contribution >= 0.6 is 0 Å². The average Bonchev–Trinajstić information content (AvgIpc) is 2.32. The highest BCUT2D eigenvalue weighted by Gasteiger charge is 2.32. The Morgan fingerprint density at radius 2 is 2.00 bits per heavy atom. The topological polar surface area (TPSA) is 98.5 Å². The summed E-state index contributed by atoms with van der Waals surface area (Å²) in [6, 6.07) is 0. The van der Waals surface area contributed by atoms with Crippen molar-refractivity contribution in [3.8, 4) is 0 Å². The molecule has 0 aromatic rings. The number of hydrogen-bond acceptors (Lipinski definition) is 5. The van der Waals surface area contributed by atoms with Crippen LogP contribution in [0.25, 0.3) is 0 Å². The van der Waals surface area contributed by atoms with Crippen LogP contribution in [-0.4, -0.2) is 17.8 Å². The summed E-state index contributed by atoms with van der Waals surface area (Å²) in [4.78, 5) is 32.8. The number of amides is 1. The summed E-state index contributed by atoms with van der Waals surface area (Å²) in [5.74, 6) is -2.50. The Kier molecular flexibility index (Phi) is 2.37. The molecule has 74 valence electrons. The average molecular weight is 196 g/mol. The third-order valence-corrected chi connectivity index (χ3v) is 1.50. The van der Waals surface area contributed by atoms with Crippen LogP contribution < -0.4 is 11.1 Å². The summed E-state index contributed by atoms with van der Waals surface area (Å²) in [7, 11) is 0. The van der Waals surface area contributed by atoms with Gasteiger partial charge in [-0.05, 0) is 6.92 Å². The Balaban J connectivity index is 2.88. The van der Waals surface area contributed by atoms with Crippen LogP contribution in [0.1, 0.15) is 6.92 Å². The molecule has 0 aromatic carbocycles. The molecule has 0 bridgehead atoms. The van der Waals surface area contributed by atoms with Crippen molar-refractivity contribution in [3.63, 3.8) is 0 Å². The molecule has 0 saturated heterocycles. The molecular weight excluding hydrogens is 188 g/mol. The van der Waals surface area contributed by atoms with Gasteiger partial charge in [-0.25, -0.2) is 9.59 Å². The van der Waals surface area contributed by atoms with Crippen molar-refractivity contribution in [2.45, 2.75) is 6.92 Å². The molecule has 0 saturated carbocycles. The molecule has 0 aromatic heterocycles. The zero-order valence-electron chi connectivity index (χ0n) is 7.42. The molecule has 1 amide bonds. The van der Waals surface area contributed by atoms with Crippen LogP contribution in [0.2, 0.25) is 0 Å². The van der Waals surface area contributed by atoms with Crippen molar-refractivity contribution in [1.29, 1.82) is 0 Å². The van der Waals surface area contributed by atoms with E-state index in [0.29, 0.717) is 0 Å². The number of nitrogens with two attached hydrogens (primary N) is 1. The monoisotopic (exact) mass is 196 g/mol. The molecule has 0 spiro atoms. The molecule has 6 nitrogen and oxygen atoms in total. The lowest BCUT2D eigenvalue weighted by molar-refractivity contribution is -0.151. The molecule has 1 aliphatic rings. The molecule has 14 heavy (non-hydrogen) atoms. The summed E-state index contributed by atoms with van der Waals surface area (Å²) >= 11 is 0. The first kappa shape index (κ1) is 9.97. The smallest absolute Gasteiger partial charge is 0.365 e. The first-order chi connectivity index (χ1) is 6.43. The number of nitrogens with one attached hydrogen (secondary N) is 1. The summed E-state index contributed by atoms with van der Waals surface area (Å²) in [5, 5.41) is 2.13. The van der Waals surface area contributed by atoms with Gasteiger partial charge < -0.3 is 15.8 Å². The second kappa shape index (κ2) is 3.33. The molecule has 6 heteroatoms. The Labute approximate surface area is 79.4 Å². The van der Waals surface area contributed by atoms with Crippen molar-refractivity contribution in [1.82, 2.24) is 5.32 Å². The second-order valence-electron chi connectivity index (χ2n) is 2.70. The van der Waals surface area contributed by atoms with Crippen LogP contribution in [0.3, 0.4) is 0 Å². The van der Waals surface area contributed by atoms with Gasteiger partial charge in [0.25, 0.3) is 5.91 Å². The predicted molar refractivity (Wildman–Crippen MR) is 45.3 cm³/mol. The van der Waals surface area contributed by atoms with E-state index >= 15 is 0 Å². The molecule has 1 aliphatic heterocycles. The molecule has 0 unspecified atom stereocenters. The number of esters is 2. The SMILES string of the molecule is C=C(C)C(=O)NC1=C(N)C(=O)OC1=O. The van der Waals surface area contributed by atoms with Gasteiger partial charge in [0.05, 0.1) is 0 Å². The highest BCUT2D eigenvalue weighted by atomic mass is 16.6. The van der Waals surface area contributed by atoms with Gasteiger partial charge >= 0.3 is 11.9 Å². The summed E-state index contributed by atoms with van der Waals surface area (Å²) in [5.41, 5.74) is 4.66. The minimum absolute atomic E-state index is 0.192. The van der Waals surface area contributed by atoms with Crippen LogP contribution in [0.4, 0.5) is 0 Å². The van der Waals surface area contributed by atoms with E-state index in [1.165, 1.54) is 6.92 Å². The van der Waals surface area contributed by atoms with Gasteiger partial charge in [0, 0.05) is 5.57 Å². The first-order valence-corrected chi connectivity index (χ1v) is 3.66. The number of ether oxygens (including phenoxy) is 1. The third kappa shape index (κ3) is 1.63. The number of carbonyl (C=O) groups excluding carboxylic acids is 3. The van der Waals surface area contributed by atoms with Crippen molar-refractivity contribution in [2.75, 3.05) is 0 Å². The Morgan fingerprint density at radius 3 is 2.36 bits per heavy atom. The number of carbonyl (C=O) groups is 3. The van der Waals surface area contributed by atoms with E-state index in [0.717, 1.165) is 0 Å². The van der Waals surface area contributed by atoms with E-state index in [9.17, 15) is 14.4 Å². The van der Waals surface area contributed by atoms with Gasteiger partial charge in [0.15, 0.2) is 5.70 Å². The molecule has 1 heterocycles. The molecule has 0 radical (unpaired) electrons. The first-order valence-electron chi connectivity index (χ1n) is 3.66. The Hall–Kier alpha value is -2.11. The van der Waals surface area contributed by atoms with Gasteiger partial charge in [0.2, 0.25) is 0 Å². The molecule has 0 aliphatic carbocycles. The van der Waals surface area contributed by atoms with E-state index < -0.39 is 23.5 Å². The Morgan fingerprint density at radius 1 is 1.43 bits per heavy atom. The third-order valence-electron chi connectivity index (χ3n) is 1.50. The minimum Gasteiger partial charge on any atom is -0.391 e. The second-order valence-corrected chi connectivity index (χ2v) is 2.70. The molecule has 0 atom stereocenters. The van der Waals surface area contributed by atoms with Gasteiger partial charge in [-0.2, -0.15) is 0 Å². The van der Waals surface area contributed by atoms with Crippen LogP contribution in [0.5, 0.6) is 0 Å².